The average Bonchev–Trinajstić information content (AvgIpc) is 2.63. The summed E-state index contributed by atoms with van der Waals surface area (Å²) in [6, 6.07) is 13.9. The molecule has 27 heavy (non-hydrogen) atoms. The van der Waals surface area contributed by atoms with Crippen LogP contribution in [0.3, 0.4) is 0 Å². The van der Waals surface area contributed by atoms with Gasteiger partial charge in [0.2, 0.25) is 5.60 Å². The first-order valence-corrected chi connectivity index (χ1v) is 9.63. The second-order valence-corrected chi connectivity index (χ2v) is 7.30. The molecule has 0 atom stereocenters. The summed E-state index contributed by atoms with van der Waals surface area (Å²) in [5.41, 5.74) is -0.220. The van der Waals surface area contributed by atoms with E-state index in [-0.39, 0.29) is 19.3 Å². The Labute approximate surface area is 170 Å². The van der Waals surface area contributed by atoms with Gasteiger partial charge in [-0.3, -0.25) is 0 Å². The number of esters is 1. The maximum absolute atomic E-state index is 13.2. The first kappa shape index (κ1) is 21.7. The minimum Gasteiger partial charge on any atom is -0.460 e. The molecule has 1 N–H and O–H groups in total. The van der Waals surface area contributed by atoms with Crippen LogP contribution >= 0.6 is 23.2 Å². The lowest BCUT2D eigenvalue weighted by Gasteiger charge is -2.33. The van der Waals surface area contributed by atoms with Crippen molar-refractivity contribution in [1.29, 1.82) is 0 Å². The predicted octanol–water partition coefficient (Wildman–Crippen LogP) is 4.98. The van der Waals surface area contributed by atoms with Crippen molar-refractivity contribution >= 4 is 29.2 Å². The molecule has 0 aromatic heterocycles. The molecule has 0 aliphatic carbocycles. The van der Waals surface area contributed by atoms with Crippen molar-refractivity contribution < 1.29 is 19.4 Å². The van der Waals surface area contributed by atoms with E-state index in [2.05, 4.69) is 0 Å². The third-order valence-corrected chi connectivity index (χ3v) is 4.51. The van der Waals surface area contributed by atoms with E-state index in [1.54, 1.807) is 62.4 Å². The highest BCUT2D eigenvalue weighted by Crippen LogP contribution is 2.37. The molecule has 4 nitrogen and oxygen atoms in total. The van der Waals surface area contributed by atoms with Crippen molar-refractivity contribution in [2.75, 3.05) is 13.2 Å². The Morgan fingerprint density at radius 3 is 1.85 bits per heavy atom. The van der Waals surface area contributed by atoms with Gasteiger partial charge in [0.25, 0.3) is 0 Å². The second kappa shape index (κ2) is 10.1. The molecule has 6 heteroatoms. The van der Waals surface area contributed by atoms with E-state index in [1.165, 1.54) is 0 Å². The van der Waals surface area contributed by atoms with Crippen LogP contribution in [0.4, 0.5) is 0 Å². The van der Waals surface area contributed by atoms with Gasteiger partial charge in [0.1, 0.15) is 0 Å². The van der Waals surface area contributed by atoms with Crippen LogP contribution in [0.15, 0.2) is 48.5 Å². The molecule has 2 aromatic carbocycles. The van der Waals surface area contributed by atoms with Gasteiger partial charge in [0.05, 0.1) is 6.10 Å². The highest BCUT2D eigenvalue weighted by molar-refractivity contribution is 6.30. The second-order valence-electron chi connectivity index (χ2n) is 6.43. The molecular formula is C21H24Cl2O4. The van der Waals surface area contributed by atoms with Gasteiger partial charge in [-0.15, -0.1) is 0 Å². The average molecular weight is 411 g/mol. The zero-order chi connectivity index (χ0) is 19.9. The third-order valence-electron chi connectivity index (χ3n) is 4.00. The van der Waals surface area contributed by atoms with Crippen molar-refractivity contribution in [2.24, 2.45) is 0 Å². The standard InChI is InChI=1S/C21H24Cl2O4/c1-15(2)27-20(25)21(26-14-4-3-13-24,16-5-9-18(22)10-6-16)17-7-11-19(23)12-8-17/h5-12,15,24H,3-4,13-14H2,1-2H3. The lowest BCUT2D eigenvalue weighted by molar-refractivity contribution is -0.173. The monoisotopic (exact) mass is 410 g/mol. The van der Waals surface area contributed by atoms with E-state index in [0.717, 1.165) is 0 Å². The van der Waals surface area contributed by atoms with Gasteiger partial charge in [0, 0.05) is 23.3 Å². The van der Waals surface area contributed by atoms with Gasteiger partial charge in [-0.2, -0.15) is 0 Å². The van der Waals surface area contributed by atoms with Crippen molar-refractivity contribution in [2.45, 2.75) is 38.4 Å². The number of hydrogen-bond acceptors (Lipinski definition) is 4. The van der Waals surface area contributed by atoms with Crippen LogP contribution in [0.1, 0.15) is 37.8 Å². The number of hydrogen-bond donors (Lipinski definition) is 1. The number of aliphatic hydroxyl groups is 1. The van der Waals surface area contributed by atoms with Crippen LogP contribution in [0.5, 0.6) is 0 Å². The number of rotatable bonds is 9. The smallest absolute Gasteiger partial charge is 0.348 e. The summed E-state index contributed by atoms with van der Waals surface area (Å²) < 4.78 is 11.7. The molecule has 0 saturated carbocycles. The Kier molecular flexibility index (Phi) is 8.11. The van der Waals surface area contributed by atoms with Gasteiger partial charge in [-0.05, 0) is 62.1 Å². The summed E-state index contributed by atoms with van der Waals surface area (Å²) in [6.07, 6.45) is 0.878. The third kappa shape index (κ3) is 5.45. The summed E-state index contributed by atoms with van der Waals surface area (Å²) >= 11 is 12.1. The Hall–Kier alpha value is -1.59. The van der Waals surface area contributed by atoms with Crippen LogP contribution in [0.25, 0.3) is 0 Å². The molecule has 0 saturated heterocycles. The molecule has 2 aromatic rings. The minimum atomic E-state index is -1.45. The summed E-state index contributed by atoms with van der Waals surface area (Å²) in [6.45, 7) is 3.92. The fraction of sp³-hybridized carbons (Fsp3) is 0.381. The van der Waals surface area contributed by atoms with Gasteiger partial charge >= 0.3 is 5.97 Å². The zero-order valence-corrected chi connectivity index (χ0v) is 17.0. The van der Waals surface area contributed by atoms with E-state index in [1.807, 2.05) is 0 Å². The lowest BCUT2D eigenvalue weighted by atomic mass is 9.85. The molecule has 146 valence electrons. The maximum atomic E-state index is 13.2. The van der Waals surface area contributed by atoms with Crippen molar-refractivity contribution in [1.82, 2.24) is 0 Å². The van der Waals surface area contributed by atoms with E-state index in [9.17, 15) is 4.79 Å². The molecule has 0 bridgehead atoms. The Morgan fingerprint density at radius 1 is 0.963 bits per heavy atom. The molecule has 0 radical (unpaired) electrons. The molecular weight excluding hydrogens is 387 g/mol. The van der Waals surface area contributed by atoms with Gasteiger partial charge < -0.3 is 14.6 Å². The summed E-state index contributed by atoms with van der Waals surface area (Å²) in [7, 11) is 0. The number of ether oxygens (including phenoxy) is 2. The molecule has 0 amide bonds. The lowest BCUT2D eigenvalue weighted by Crippen LogP contribution is -2.42. The molecule has 0 fully saturated rings. The van der Waals surface area contributed by atoms with Gasteiger partial charge in [-0.1, -0.05) is 47.5 Å². The van der Waals surface area contributed by atoms with E-state index in [0.29, 0.717) is 34.0 Å². The van der Waals surface area contributed by atoms with E-state index >= 15 is 0 Å². The van der Waals surface area contributed by atoms with Gasteiger partial charge in [0.15, 0.2) is 0 Å². The number of unbranched alkanes of at least 4 members (excludes halogenated alkanes) is 1. The molecule has 0 unspecified atom stereocenters. The number of aliphatic hydroxyl groups excluding tert-OH is 1. The van der Waals surface area contributed by atoms with Crippen LogP contribution in [0, 0.1) is 0 Å². The molecule has 0 spiro atoms. The van der Waals surface area contributed by atoms with Crippen LogP contribution in [-0.4, -0.2) is 30.4 Å². The fourth-order valence-corrected chi connectivity index (χ4v) is 2.99. The molecule has 2 rings (SSSR count). The van der Waals surface area contributed by atoms with Crippen LogP contribution < -0.4 is 0 Å². The predicted molar refractivity (Wildman–Crippen MR) is 107 cm³/mol. The Balaban J connectivity index is 2.57. The first-order chi connectivity index (χ1) is 12.9. The molecule has 0 heterocycles. The largest absolute Gasteiger partial charge is 0.460 e. The maximum Gasteiger partial charge on any atom is 0.348 e. The van der Waals surface area contributed by atoms with Crippen LogP contribution in [0.2, 0.25) is 10.0 Å². The SMILES string of the molecule is CC(C)OC(=O)C(OCCCCO)(c1ccc(Cl)cc1)c1ccc(Cl)cc1. The number of carbonyl (C=O) groups is 1. The minimum absolute atomic E-state index is 0.0642. The van der Waals surface area contributed by atoms with Crippen molar-refractivity contribution in [3.63, 3.8) is 0 Å². The number of carbonyl (C=O) groups excluding carboxylic acids is 1. The normalized spacial score (nSPS) is 11.6. The van der Waals surface area contributed by atoms with Crippen molar-refractivity contribution in [3.8, 4) is 0 Å². The highest BCUT2D eigenvalue weighted by Gasteiger charge is 2.45. The zero-order valence-electron chi connectivity index (χ0n) is 15.5. The topological polar surface area (TPSA) is 55.8 Å². The molecule has 0 aliphatic heterocycles. The fourth-order valence-electron chi connectivity index (χ4n) is 2.73. The van der Waals surface area contributed by atoms with E-state index < -0.39 is 11.6 Å². The van der Waals surface area contributed by atoms with Crippen molar-refractivity contribution in [3.05, 3.63) is 69.7 Å². The number of benzene rings is 2. The number of halogens is 2. The first-order valence-electron chi connectivity index (χ1n) is 8.88. The Morgan fingerprint density at radius 2 is 1.44 bits per heavy atom. The van der Waals surface area contributed by atoms with Gasteiger partial charge in [-0.25, -0.2) is 4.79 Å². The highest BCUT2D eigenvalue weighted by atomic mass is 35.5. The summed E-state index contributed by atoms with van der Waals surface area (Å²) in [5, 5.41) is 10.2. The quantitative estimate of drug-likeness (QED) is 0.467. The summed E-state index contributed by atoms with van der Waals surface area (Å²) in [4.78, 5) is 13.2. The Bertz CT molecular complexity index is 681. The van der Waals surface area contributed by atoms with E-state index in [4.69, 9.17) is 37.8 Å². The van der Waals surface area contributed by atoms with Crippen LogP contribution in [-0.2, 0) is 19.9 Å². The summed E-state index contributed by atoms with van der Waals surface area (Å²) in [5.74, 6) is -0.508. The molecule has 0 aliphatic rings.